The summed E-state index contributed by atoms with van der Waals surface area (Å²) < 4.78 is 61.0. The second-order valence-electron chi connectivity index (χ2n) is 5.99. The summed E-state index contributed by atoms with van der Waals surface area (Å²) >= 11 is 0. The summed E-state index contributed by atoms with van der Waals surface area (Å²) in [6.45, 7) is 1.23. The lowest BCUT2D eigenvalue weighted by Crippen LogP contribution is -2.36. The highest BCUT2D eigenvalue weighted by Gasteiger charge is 2.42. The third kappa shape index (κ3) is 32.8. The van der Waals surface area contributed by atoms with Crippen LogP contribution in [0.3, 0.4) is 0 Å². The van der Waals surface area contributed by atoms with E-state index in [-0.39, 0.29) is 6.54 Å². The summed E-state index contributed by atoms with van der Waals surface area (Å²) in [5.41, 5.74) is 3.02. The van der Waals surface area contributed by atoms with Gasteiger partial charge in [-0.15, -0.1) is 0 Å². The maximum atomic E-state index is 10.8. The topological polar surface area (TPSA) is 395 Å². The molecule has 210 valence electrons. The third-order valence-corrected chi connectivity index (χ3v) is 11.7. The van der Waals surface area contributed by atoms with Crippen molar-refractivity contribution < 1.29 is 86.1 Å². The van der Waals surface area contributed by atoms with Gasteiger partial charge in [0.2, 0.25) is 5.52 Å². The Kier molecular flexibility index (Phi) is 18.4. The van der Waals surface area contributed by atoms with E-state index >= 15 is 0 Å². The fourth-order valence-corrected chi connectivity index (χ4v) is 7.57. The summed E-state index contributed by atoms with van der Waals surface area (Å²) in [6, 6.07) is 0. The SMILES string of the molecule is NCCNCCNC(P(=O)(O)O)P(=O)(O)O.O=P(O)(O)CP(=O)(O)O.O=P(O)(O)CP(=O)(O)O. The Hall–Kier alpha value is 0.780. The molecule has 0 amide bonds. The second kappa shape index (κ2) is 15.9. The molecule has 0 aromatic carbocycles. The van der Waals surface area contributed by atoms with Crippen LogP contribution in [-0.2, 0) is 27.4 Å². The smallest absolute Gasteiger partial charge is 0.329 e. The monoisotopic (exact) mass is 629 g/mol. The first-order valence-corrected chi connectivity index (χ1v) is 18.6. The summed E-state index contributed by atoms with van der Waals surface area (Å²) in [7, 11) is -28.0. The van der Waals surface area contributed by atoms with Crippen LogP contribution >= 0.6 is 45.6 Å². The molecule has 0 saturated heterocycles. The standard InChI is InChI=1S/C5H17N3O6P2.2CH6O6P2/c6-1-2-7-3-4-8-5(15(9,10)11)16(12,13)14;2*2-8(3,4)1-9(5,6)7/h5,7-8H,1-4,6H2,(H2,9,10,11)(H2,12,13,14);2*1H2,(H2,2,3,4)(H2,5,6,7). The van der Waals surface area contributed by atoms with Crippen LogP contribution in [0.2, 0.25) is 0 Å². The molecular weight excluding hydrogens is 600 g/mol. The normalized spacial score (nSPS) is 13.6. The number of hydrogen-bond acceptors (Lipinski definition) is 9. The van der Waals surface area contributed by atoms with E-state index in [4.69, 9.17) is 64.5 Å². The van der Waals surface area contributed by atoms with E-state index in [0.29, 0.717) is 19.6 Å². The maximum Gasteiger partial charge on any atom is 0.354 e. The minimum Gasteiger partial charge on any atom is -0.329 e. The van der Waals surface area contributed by atoms with E-state index < -0.39 is 62.9 Å². The lowest BCUT2D eigenvalue weighted by Gasteiger charge is -2.20. The molecule has 21 nitrogen and oxygen atoms in total. The fourth-order valence-electron chi connectivity index (χ4n) is 1.43. The van der Waals surface area contributed by atoms with Gasteiger partial charge in [0.15, 0.2) is 11.8 Å². The van der Waals surface area contributed by atoms with Crippen molar-refractivity contribution in [2.45, 2.75) is 5.52 Å². The van der Waals surface area contributed by atoms with Crippen molar-refractivity contribution in [1.29, 1.82) is 0 Å². The first-order chi connectivity index (χ1) is 14.6. The van der Waals surface area contributed by atoms with Crippen molar-refractivity contribution in [2.75, 3.05) is 38.0 Å². The zero-order chi connectivity index (χ0) is 28.2. The Morgan fingerprint density at radius 1 is 0.529 bits per heavy atom. The summed E-state index contributed by atoms with van der Waals surface area (Å²) in [6.07, 6.45) is 0. The predicted octanol–water partition coefficient (Wildman–Crippen LogP) is -3.64. The average molecular weight is 629 g/mol. The van der Waals surface area contributed by atoms with Gasteiger partial charge in [-0.3, -0.25) is 32.7 Å². The minimum absolute atomic E-state index is 0.0148. The minimum atomic E-state index is -4.88. The van der Waals surface area contributed by atoms with Crippen molar-refractivity contribution >= 4 is 45.6 Å². The van der Waals surface area contributed by atoms with Crippen LogP contribution < -0.4 is 16.4 Å². The van der Waals surface area contributed by atoms with Crippen molar-refractivity contribution in [3.8, 4) is 0 Å². The van der Waals surface area contributed by atoms with Crippen LogP contribution in [0.4, 0.5) is 0 Å². The molecule has 16 N–H and O–H groups in total. The van der Waals surface area contributed by atoms with Gasteiger partial charge in [-0.1, -0.05) is 0 Å². The zero-order valence-electron chi connectivity index (χ0n) is 16.9. The van der Waals surface area contributed by atoms with Gasteiger partial charge in [0.1, 0.15) is 0 Å². The third-order valence-electron chi connectivity index (χ3n) is 2.32. The highest BCUT2D eigenvalue weighted by atomic mass is 31.2. The van der Waals surface area contributed by atoms with Crippen molar-refractivity contribution in [2.24, 2.45) is 5.73 Å². The first kappa shape index (κ1) is 39.3. The Balaban J connectivity index is -0.000000457. The Labute approximate surface area is 192 Å². The zero-order valence-corrected chi connectivity index (χ0v) is 22.3. The van der Waals surface area contributed by atoms with E-state index in [1.165, 1.54) is 0 Å². The molecule has 0 fully saturated rings. The summed E-state index contributed by atoms with van der Waals surface area (Å²) in [5, 5.41) is 4.93. The van der Waals surface area contributed by atoms with E-state index in [1.54, 1.807) is 0 Å². The number of rotatable bonds is 12. The Morgan fingerprint density at radius 2 is 0.824 bits per heavy atom. The molecule has 0 saturated carbocycles. The van der Waals surface area contributed by atoms with Crippen molar-refractivity contribution in [1.82, 2.24) is 10.6 Å². The van der Waals surface area contributed by atoms with Crippen LogP contribution in [0, 0.1) is 0 Å². The molecule has 0 aliphatic carbocycles. The number of nitrogens with two attached hydrogens (primary N) is 1. The van der Waals surface area contributed by atoms with Gasteiger partial charge in [-0.2, -0.15) is 0 Å². The molecule has 0 rings (SSSR count). The molecular formula is C7H29N3O18P6. The highest BCUT2D eigenvalue weighted by molar-refractivity contribution is 7.71. The molecule has 0 heterocycles. The molecule has 0 atom stereocenters. The van der Waals surface area contributed by atoms with Crippen molar-refractivity contribution in [3.05, 3.63) is 0 Å². The van der Waals surface area contributed by atoms with Crippen LogP contribution in [0.1, 0.15) is 0 Å². The van der Waals surface area contributed by atoms with Gasteiger partial charge < -0.3 is 69.8 Å². The van der Waals surface area contributed by atoms with E-state index in [2.05, 4.69) is 10.6 Å². The van der Waals surface area contributed by atoms with E-state index in [9.17, 15) is 27.4 Å². The quantitative estimate of drug-likeness (QED) is 0.0731. The van der Waals surface area contributed by atoms with E-state index in [0.717, 1.165) is 0 Å². The van der Waals surface area contributed by atoms with Gasteiger partial charge in [-0.05, 0) is 0 Å². The van der Waals surface area contributed by atoms with Gasteiger partial charge >= 0.3 is 45.6 Å². The van der Waals surface area contributed by atoms with E-state index in [1.807, 2.05) is 0 Å². The first-order valence-electron chi connectivity index (χ1n) is 8.03. The number of hydrogen-bond donors (Lipinski definition) is 15. The second-order valence-corrected chi connectivity index (χ2v) is 17.4. The lowest BCUT2D eigenvalue weighted by molar-refractivity contribution is 0.327. The molecule has 27 heteroatoms. The van der Waals surface area contributed by atoms with Gasteiger partial charge in [0.05, 0.1) is 0 Å². The van der Waals surface area contributed by atoms with Crippen LogP contribution in [0.25, 0.3) is 0 Å². The molecule has 0 aromatic rings. The molecule has 0 aromatic heterocycles. The molecule has 0 aliphatic rings. The average Bonchev–Trinajstić information content (AvgIpc) is 2.41. The van der Waals surface area contributed by atoms with Crippen LogP contribution in [0.5, 0.6) is 0 Å². The van der Waals surface area contributed by atoms with Crippen LogP contribution in [-0.4, -0.2) is 102 Å². The van der Waals surface area contributed by atoms with Gasteiger partial charge in [-0.25, -0.2) is 0 Å². The molecule has 0 spiro atoms. The lowest BCUT2D eigenvalue weighted by atomic mass is 10.5. The Morgan fingerprint density at radius 3 is 1.00 bits per heavy atom. The summed E-state index contributed by atoms with van der Waals surface area (Å²) in [5.74, 6) is -2.75. The molecule has 0 radical (unpaired) electrons. The van der Waals surface area contributed by atoms with Gasteiger partial charge in [0, 0.05) is 26.2 Å². The van der Waals surface area contributed by atoms with Crippen LogP contribution in [0.15, 0.2) is 0 Å². The predicted molar refractivity (Wildman–Crippen MR) is 116 cm³/mol. The fraction of sp³-hybridized carbons (Fsp3) is 1.00. The molecule has 0 bridgehead atoms. The largest absolute Gasteiger partial charge is 0.354 e. The molecule has 0 aliphatic heterocycles. The number of nitrogens with one attached hydrogen (secondary N) is 2. The Bertz CT molecular complexity index is 755. The molecule has 0 unspecified atom stereocenters. The molecule has 34 heavy (non-hydrogen) atoms. The highest BCUT2D eigenvalue weighted by Crippen LogP contribution is 2.58. The maximum absolute atomic E-state index is 10.8. The summed E-state index contributed by atoms with van der Waals surface area (Å²) in [4.78, 5) is 98.7. The van der Waals surface area contributed by atoms with Gasteiger partial charge in [0.25, 0.3) is 0 Å². The van der Waals surface area contributed by atoms with Crippen molar-refractivity contribution in [3.63, 3.8) is 0 Å².